The summed E-state index contributed by atoms with van der Waals surface area (Å²) in [5.41, 5.74) is 2.77. The molecule has 3 aromatic carbocycles. The molecule has 1 aliphatic rings. The minimum atomic E-state index is -0.288. The summed E-state index contributed by atoms with van der Waals surface area (Å²) in [6.07, 6.45) is 4.02. The number of nitrogens with zero attached hydrogens (tertiary/aromatic N) is 3. The Balaban J connectivity index is 1.40. The normalized spacial score (nSPS) is 13.9. The van der Waals surface area contributed by atoms with E-state index >= 15 is 0 Å². The molecule has 7 heteroatoms. The molecular weight excluding hydrogens is 433 g/mol. The van der Waals surface area contributed by atoms with Crippen LogP contribution in [0.4, 0.5) is 4.39 Å². The highest BCUT2D eigenvalue weighted by molar-refractivity contribution is 5.83. The molecule has 1 aliphatic heterocycles. The van der Waals surface area contributed by atoms with Crippen LogP contribution < -0.4 is 15.0 Å². The van der Waals surface area contributed by atoms with Crippen molar-refractivity contribution in [3.05, 3.63) is 83.2 Å². The van der Waals surface area contributed by atoms with Crippen LogP contribution in [0.25, 0.3) is 27.7 Å². The average Bonchev–Trinajstić information content (AvgIpc) is 3.38. The van der Waals surface area contributed by atoms with Crippen molar-refractivity contribution in [2.24, 2.45) is 0 Å². The lowest BCUT2D eigenvalue weighted by molar-refractivity contribution is 0.230. The third kappa shape index (κ3) is 4.52. The maximum Gasteiger partial charge on any atom is 0.265 e. The van der Waals surface area contributed by atoms with Crippen LogP contribution in [0.3, 0.4) is 0 Å². The number of rotatable bonds is 7. The topological polar surface area (TPSA) is 56.6 Å². The van der Waals surface area contributed by atoms with Gasteiger partial charge < -0.3 is 9.47 Å². The van der Waals surface area contributed by atoms with Gasteiger partial charge in [0.05, 0.1) is 23.7 Å². The Kier molecular flexibility index (Phi) is 6.27. The Morgan fingerprint density at radius 1 is 0.941 bits per heavy atom. The van der Waals surface area contributed by atoms with E-state index in [0.717, 1.165) is 30.8 Å². The standard InChI is InChI=1S/C27H26FN3O3/c1-33-26-17-22(9-11-25(26)34-15-14-30-12-2-3-13-30)31-18-29-24-16-20(6-10-23(24)27(31)32)19-4-7-21(28)8-5-19/h4-11,16-18H,2-3,12-15H2,1H3. The summed E-state index contributed by atoms with van der Waals surface area (Å²) in [5.74, 6) is 0.928. The maximum atomic E-state index is 13.2. The second-order valence-corrected chi connectivity index (χ2v) is 8.39. The largest absolute Gasteiger partial charge is 0.493 e. The van der Waals surface area contributed by atoms with Crippen molar-refractivity contribution in [2.75, 3.05) is 33.4 Å². The van der Waals surface area contributed by atoms with Gasteiger partial charge in [-0.05, 0) is 73.5 Å². The number of halogens is 1. The quantitative estimate of drug-likeness (QED) is 0.402. The minimum Gasteiger partial charge on any atom is -0.493 e. The van der Waals surface area contributed by atoms with Crippen LogP contribution in [0.15, 0.2) is 71.8 Å². The van der Waals surface area contributed by atoms with Gasteiger partial charge in [0.1, 0.15) is 18.8 Å². The minimum absolute atomic E-state index is 0.180. The Bertz CT molecular complexity index is 1360. The van der Waals surface area contributed by atoms with Crippen LogP contribution in [0.5, 0.6) is 11.5 Å². The van der Waals surface area contributed by atoms with Crippen LogP contribution in [0.1, 0.15) is 12.8 Å². The SMILES string of the molecule is COc1cc(-n2cnc3cc(-c4ccc(F)cc4)ccc3c2=O)ccc1OCCN1CCCC1. The molecular formula is C27H26FN3O3. The number of fused-ring (bicyclic) bond motifs is 1. The molecule has 0 atom stereocenters. The third-order valence-electron chi connectivity index (χ3n) is 6.23. The Morgan fingerprint density at radius 3 is 2.47 bits per heavy atom. The van der Waals surface area contributed by atoms with Gasteiger partial charge in [0.25, 0.3) is 5.56 Å². The van der Waals surface area contributed by atoms with Crippen LogP contribution in [0, 0.1) is 5.82 Å². The van der Waals surface area contributed by atoms with Crippen LogP contribution >= 0.6 is 0 Å². The van der Waals surface area contributed by atoms with Crippen molar-refractivity contribution in [1.82, 2.24) is 14.5 Å². The van der Waals surface area contributed by atoms with Gasteiger partial charge in [-0.25, -0.2) is 9.37 Å². The van der Waals surface area contributed by atoms with Crippen LogP contribution in [-0.4, -0.2) is 47.8 Å². The average molecular weight is 460 g/mol. The molecule has 0 amide bonds. The summed E-state index contributed by atoms with van der Waals surface area (Å²) < 4.78 is 26.2. The molecule has 0 radical (unpaired) electrons. The zero-order chi connectivity index (χ0) is 23.5. The first-order valence-electron chi connectivity index (χ1n) is 11.4. The maximum absolute atomic E-state index is 13.2. The first-order valence-corrected chi connectivity index (χ1v) is 11.4. The number of aromatic nitrogens is 2. The number of methoxy groups -OCH3 is 1. The summed E-state index contributed by atoms with van der Waals surface area (Å²) >= 11 is 0. The van der Waals surface area contributed by atoms with Crippen LogP contribution in [-0.2, 0) is 0 Å². The molecule has 0 spiro atoms. The molecule has 2 heterocycles. The second-order valence-electron chi connectivity index (χ2n) is 8.39. The summed E-state index contributed by atoms with van der Waals surface area (Å²) in [6, 6.07) is 17.1. The zero-order valence-electron chi connectivity index (χ0n) is 19.0. The fourth-order valence-electron chi connectivity index (χ4n) is 4.34. The van der Waals surface area contributed by atoms with Crippen molar-refractivity contribution in [2.45, 2.75) is 12.8 Å². The molecule has 174 valence electrons. The molecule has 0 unspecified atom stereocenters. The van der Waals surface area contributed by atoms with E-state index < -0.39 is 0 Å². The third-order valence-corrected chi connectivity index (χ3v) is 6.23. The summed E-state index contributed by atoms with van der Waals surface area (Å²) in [7, 11) is 1.59. The molecule has 34 heavy (non-hydrogen) atoms. The van der Waals surface area contributed by atoms with E-state index in [1.165, 1.54) is 35.9 Å². The van der Waals surface area contributed by atoms with E-state index in [2.05, 4.69) is 9.88 Å². The molecule has 0 bridgehead atoms. The van der Waals surface area contributed by atoms with Crippen molar-refractivity contribution in [3.63, 3.8) is 0 Å². The summed E-state index contributed by atoms with van der Waals surface area (Å²) in [4.78, 5) is 20.1. The zero-order valence-corrected chi connectivity index (χ0v) is 19.0. The molecule has 4 aromatic rings. The smallest absolute Gasteiger partial charge is 0.265 e. The molecule has 0 saturated carbocycles. The van der Waals surface area contributed by atoms with Gasteiger partial charge in [-0.15, -0.1) is 0 Å². The van der Waals surface area contributed by atoms with Gasteiger partial charge in [0, 0.05) is 12.6 Å². The highest BCUT2D eigenvalue weighted by Gasteiger charge is 2.14. The van der Waals surface area contributed by atoms with Gasteiger partial charge >= 0.3 is 0 Å². The number of hydrogen-bond donors (Lipinski definition) is 0. The van der Waals surface area contributed by atoms with E-state index in [-0.39, 0.29) is 11.4 Å². The number of hydrogen-bond acceptors (Lipinski definition) is 5. The molecule has 1 aromatic heterocycles. The van der Waals surface area contributed by atoms with Gasteiger partial charge in [-0.2, -0.15) is 0 Å². The first-order chi connectivity index (χ1) is 16.6. The Labute approximate surface area is 197 Å². The van der Waals surface area contributed by atoms with E-state index in [9.17, 15) is 9.18 Å². The van der Waals surface area contributed by atoms with Crippen molar-refractivity contribution in [3.8, 4) is 28.3 Å². The predicted molar refractivity (Wildman–Crippen MR) is 130 cm³/mol. The fraction of sp³-hybridized carbons (Fsp3) is 0.259. The lowest BCUT2D eigenvalue weighted by atomic mass is 10.0. The Morgan fingerprint density at radius 2 is 1.71 bits per heavy atom. The van der Waals surface area contributed by atoms with Crippen molar-refractivity contribution in [1.29, 1.82) is 0 Å². The molecule has 6 nitrogen and oxygen atoms in total. The van der Waals surface area contributed by atoms with Gasteiger partial charge in [-0.3, -0.25) is 14.3 Å². The number of benzene rings is 3. The molecule has 5 rings (SSSR count). The lowest BCUT2D eigenvalue weighted by Gasteiger charge is -2.17. The van der Waals surface area contributed by atoms with E-state index in [4.69, 9.17) is 9.47 Å². The predicted octanol–water partition coefficient (Wildman–Crippen LogP) is 4.68. The van der Waals surface area contributed by atoms with Crippen LogP contribution in [0.2, 0.25) is 0 Å². The highest BCUT2D eigenvalue weighted by Crippen LogP contribution is 2.29. The summed E-state index contributed by atoms with van der Waals surface area (Å²) in [6.45, 7) is 3.73. The van der Waals surface area contributed by atoms with Gasteiger partial charge in [-0.1, -0.05) is 18.2 Å². The molecule has 1 saturated heterocycles. The fourth-order valence-corrected chi connectivity index (χ4v) is 4.34. The lowest BCUT2D eigenvalue weighted by Crippen LogP contribution is -2.25. The first kappa shape index (κ1) is 22.1. The van der Waals surface area contributed by atoms with E-state index in [0.29, 0.717) is 34.7 Å². The molecule has 0 aliphatic carbocycles. The Hall–Kier alpha value is -3.71. The van der Waals surface area contributed by atoms with Gasteiger partial charge in [0.15, 0.2) is 11.5 Å². The summed E-state index contributed by atoms with van der Waals surface area (Å²) in [5, 5.41) is 0.498. The van der Waals surface area contributed by atoms with Gasteiger partial charge in [0.2, 0.25) is 0 Å². The molecule has 0 N–H and O–H groups in total. The van der Waals surface area contributed by atoms with Crippen molar-refractivity contribution >= 4 is 10.9 Å². The number of ether oxygens (including phenoxy) is 2. The van der Waals surface area contributed by atoms with E-state index in [1.54, 1.807) is 31.4 Å². The monoisotopic (exact) mass is 459 g/mol. The highest BCUT2D eigenvalue weighted by atomic mass is 19.1. The number of likely N-dealkylation sites (tertiary alicyclic amines) is 1. The molecule has 1 fully saturated rings. The van der Waals surface area contributed by atoms with Crippen molar-refractivity contribution < 1.29 is 13.9 Å². The van der Waals surface area contributed by atoms with E-state index in [1.807, 2.05) is 24.3 Å². The second kappa shape index (κ2) is 9.65.